The summed E-state index contributed by atoms with van der Waals surface area (Å²) in [5.74, 6) is -2.63. The van der Waals surface area contributed by atoms with Gasteiger partial charge in [0.2, 0.25) is 10.0 Å². The van der Waals surface area contributed by atoms with Crippen LogP contribution < -0.4 is 15.2 Å². The number of nitrogens with one attached hydrogen (secondary N) is 1. The van der Waals surface area contributed by atoms with Gasteiger partial charge in [-0.1, -0.05) is 24.3 Å². The normalized spacial score (nSPS) is 12.2. The van der Waals surface area contributed by atoms with Gasteiger partial charge in [-0.2, -0.15) is 8.78 Å². The molecule has 1 amide bonds. The Kier molecular flexibility index (Phi) is 6.92. The SMILES string of the molecule is Cc1cc(NS(=O)(=O)C(C)(C)C)ccc1-c1c(C(N)=O)c2cc(F)c(OC(F)F)cc2n1-c1ccccc1. The first-order chi connectivity index (χ1) is 17.7. The number of alkyl halides is 2. The van der Waals surface area contributed by atoms with Crippen LogP contribution in [0.2, 0.25) is 0 Å². The summed E-state index contributed by atoms with van der Waals surface area (Å²) in [6, 6.07) is 15.5. The van der Waals surface area contributed by atoms with E-state index in [0.29, 0.717) is 22.5 Å². The van der Waals surface area contributed by atoms with Crippen LogP contribution in [0.5, 0.6) is 5.75 Å². The van der Waals surface area contributed by atoms with Gasteiger partial charge in [-0.15, -0.1) is 0 Å². The fraction of sp³-hybridized carbons (Fsp3) is 0.222. The first-order valence-corrected chi connectivity index (χ1v) is 13.0. The zero-order chi connectivity index (χ0) is 28.0. The molecule has 200 valence electrons. The Morgan fingerprint density at radius 1 is 1.05 bits per heavy atom. The summed E-state index contributed by atoms with van der Waals surface area (Å²) in [7, 11) is -3.70. The predicted octanol–water partition coefficient (Wildman–Crippen LogP) is 5.99. The Balaban J connectivity index is 2.03. The lowest BCUT2D eigenvalue weighted by molar-refractivity contribution is -0.0520. The topological polar surface area (TPSA) is 103 Å². The molecule has 0 saturated heterocycles. The predicted molar refractivity (Wildman–Crippen MR) is 141 cm³/mol. The molecule has 0 saturated carbocycles. The van der Waals surface area contributed by atoms with E-state index in [1.54, 1.807) is 74.7 Å². The van der Waals surface area contributed by atoms with Gasteiger partial charge in [0.1, 0.15) is 0 Å². The summed E-state index contributed by atoms with van der Waals surface area (Å²) in [6.07, 6.45) is 0. The van der Waals surface area contributed by atoms with Crippen LogP contribution in [0.25, 0.3) is 27.8 Å². The highest BCUT2D eigenvalue weighted by Crippen LogP contribution is 2.40. The van der Waals surface area contributed by atoms with Crippen molar-refractivity contribution < 1.29 is 31.1 Å². The van der Waals surface area contributed by atoms with Crippen molar-refractivity contribution in [3.63, 3.8) is 0 Å². The van der Waals surface area contributed by atoms with E-state index in [1.165, 1.54) is 6.07 Å². The molecule has 0 aliphatic rings. The van der Waals surface area contributed by atoms with Crippen molar-refractivity contribution >= 4 is 32.5 Å². The molecule has 0 radical (unpaired) electrons. The summed E-state index contributed by atoms with van der Waals surface area (Å²) in [6.45, 7) is 3.16. The molecule has 3 N–H and O–H groups in total. The number of primary amides is 1. The van der Waals surface area contributed by atoms with Crippen LogP contribution in [-0.4, -0.2) is 30.3 Å². The van der Waals surface area contributed by atoms with E-state index in [0.717, 1.165) is 12.1 Å². The van der Waals surface area contributed by atoms with Gasteiger partial charge in [0.05, 0.1) is 21.5 Å². The molecule has 0 aliphatic heterocycles. The number of rotatable bonds is 7. The quantitative estimate of drug-likeness (QED) is 0.298. The van der Waals surface area contributed by atoms with Gasteiger partial charge in [-0.25, -0.2) is 12.8 Å². The van der Waals surface area contributed by atoms with Crippen molar-refractivity contribution in [2.45, 2.75) is 39.1 Å². The third-order valence-corrected chi connectivity index (χ3v) is 8.15. The number of para-hydroxylation sites is 1. The lowest BCUT2D eigenvalue weighted by Gasteiger charge is -2.21. The Hall–Kier alpha value is -3.99. The first-order valence-electron chi connectivity index (χ1n) is 11.5. The van der Waals surface area contributed by atoms with Crippen LogP contribution in [0, 0.1) is 12.7 Å². The average molecular weight is 546 g/mol. The standard InChI is InChI=1S/C27H26F3N3O4S/c1-15-12-16(32-38(35,36)27(2,3)4)10-11-18(15)24-23(25(31)34)19-13-20(28)22(37-26(29)30)14-21(19)33(24)17-8-6-5-7-9-17/h5-14,26,32H,1-4H3,(H2,31,34). The number of carbonyl (C=O) groups excluding carboxylic acids is 1. The fourth-order valence-corrected chi connectivity index (χ4v) is 4.87. The second-order valence-electron chi connectivity index (χ2n) is 9.68. The number of ether oxygens (including phenoxy) is 1. The van der Waals surface area contributed by atoms with Crippen molar-refractivity contribution in [3.8, 4) is 22.7 Å². The molecule has 0 bridgehead atoms. The van der Waals surface area contributed by atoms with Crippen molar-refractivity contribution in [1.82, 2.24) is 4.57 Å². The Bertz CT molecular complexity index is 1640. The van der Waals surface area contributed by atoms with Crippen LogP contribution in [0.3, 0.4) is 0 Å². The van der Waals surface area contributed by atoms with Gasteiger partial charge in [-0.05, 0) is 63.6 Å². The molecule has 0 atom stereocenters. The molecule has 1 aromatic heterocycles. The number of nitrogens with zero attached hydrogens (tertiary/aromatic N) is 1. The van der Waals surface area contributed by atoms with Crippen molar-refractivity contribution in [1.29, 1.82) is 0 Å². The van der Waals surface area contributed by atoms with E-state index < -0.39 is 38.9 Å². The van der Waals surface area contributed by atoms with Gasteiger partial charge >= 0.3 is 6.61 Å². The van der Waals surface area contributed by atoms with E-state index >= 15 is 0 Å². The molecule has 11 heteroatoms. The second kappa shape index (κ2) is 9.71. The lowest BCUT2D eigenvalue weighted by atomic mass is 10.00. The van der Waals surface area contributed by atoms with Crippen LogP contribution >= 0.6 is 0 Å². The largest absolute Gasteiger partial charge is 0.432 e. The summed E-state index contributed by atoms with van der Waals surface area (Å²) in [4.78, 5) is 12.7. The summed E-state index contributed by atoms with van der Waals surface area (Å²) in [5.41, 5.74) is 8.17. The Labute approximate surface area is 218 Å². The van der Waals surface area contributed by atoms with Gasteiger partial charge in [-0.3, -0.25) is 9.52 Å². The zero-order valence-electron chi connectivity index (χ0n) is 21.1. The minimum absolute atomic E-state index is 0.0301. The number of anilines is 1. The summed E-state index contributed by atoms with van der Waals surface area (Å²) >= 11 is 0. The molecule has 3 aromatic carbocycles. The number of hydrogen-bond donors (Lipinski definition) is 2. The zero-order valence-corrected chi connectivity index (χ0v) is 21.9. The van der Waals surface area contributed by atoms with E-state index in [2.05, 4.69) is 9.46 Å². The van der Waals surface area contributed by atoms with Crippen LogP contribution in [-0.2, 0) is 10.0 Å². The molecular weight excluding hydrogens is 519 g/mol. The highest BCUT2D eigenvalue weighted by molar-refractivity contribution is 7.94. The van der Waals surface area contributed by atoms with Crippen molar-refractivity contribution in [3.05, 3.63) is 77.6 Å². The number of sulfonamides is 1. The minimum Gasteiger partial charge on any atom is -0.432 e. The molecule has 38 heavy (non-hydrogen) atoms. The van der Waals surface area contributed by atoms with E-state index in [9.17, 15) is 26.4 Å². The van der Waals surface area contributed by atoms with E-state index in [4.69, 9.17) is 5.73 Å². The smallest absolute Gasteiger partial charge is 0.387 e. The number of aryl methyl sites for hydroxylation is 1. The number of hydrogen-bond acceptors (Lipinski definition) is 4. The number of halogens is 3. The average Bonchev–Trinajstić information content (AvgIpc) is 3.12. The van der Waals surface area contributed by atoms with Gasteiger partial charge in [0.15, 0.2) is 11.6 Å². The molecule has 7 nitrogen and oxygen atoms in total. The third kappa shape index (κ3) is 4.93. The number of carbonyl (C=O) groups is 1. The highest BCUT2D eigenvalue weighted by atomic mass is 32.2. The molecule has 0 fully saturated rings. The maximum atomic E-state index is 14.8. The van der Waals surface area contributed by atoms with Crippen LogP contribution in [0.1, 0.15) is 36.7 Å². The van der Waals surface area contributed by atoms with Gasteiger partial charge in [0.25, 0.3) is 5.91 Å². The first kappa shape index (κ1) is 27.1. The number of fused-ring (bicyclic) bond motifs is 1. The van der Waals surface area contributed by atoms with Gasteiger partial charge in [0, 0.05) is 28.4 Å². The molecule has 1 heterocycles. The Morgan fingerprint density at radius 3 is 2.26 bits per heavy atom. The number of nitrogens with two attached hydrogens (primary N) is 1. The fourth-order valence-electron chi connectivity index (χ4n) is 4.12. The van der Waals surface area contributed by atoms with Crippen molar-refractivity contribution in [2.24, 2.45) is 5.73 Å². The maximum Gasteiger partial charge on any atom is 0.387 e. The van der Waals surface area contributed by atoms with Crippen LogP contribution in [0.15, 0.2) is 60.7 Å². The minimum atomic E-state index is -3.70. The number of benzene rings is 3. The highest BCUT2D eigenvalue weighted by Gasteiger charge is 2.30. The lowest BCUT2D eigenvalue weighted by Crippen LogP contribution is -2.33. The van der Waals surface area contributed by atoms with E-state index in [1.807, 2.05) is 0 Å². The van der Waals surface area contributed by atoms with Gasteiger partial charge < -0.3 is 15.0 Å². The second-order valence-corrected chi connectivity index (χ2v) is 12.1. The molecule has 0 unspecified atom stereocenters. The van der Waals surface area contributed by atoms with E-state index in [-0.39, 0.29) is 22.2 Å². The maximum absolute atomic E-state index is 14.8. The third-order valence-electron chi connectivity index (χ3n) is 6.04. The molecular formula is C27H26F3N3O4S. The molecule has 0 spiro atoms. The summed E-state index contributed by atoms with van der Waals surface area (Å²) < 4.78 is 73.5. The molecule has 4 rings (SSSR count). The van der Waals surface area contributed by atoms with Crippen LogP contribution in [0.4, 0.5) is 18.9 Å². The monoisotopic (exact) mass is 545 g/mol. The van der Waals surface area contributed by atoms with Crippen molar-refractivity contribution in [2.75, 3.05) is 4.72 Å². The molecule has 0 aliphatic carbocycles. The number of amides is 1. The molecule has 4 aromatic rings. The Morgan fingerprint density at radius 2 is 1.71 bits per heavy atom. The summed E-state index contributed by atoms with van der Waals surface area (Å²) in [5, 5.41) is 0.104. The number of aromatic nitrogens is 1.